The first-order valence-corrected chi connectivity index (χ1v) is 12.6. The maximum atomic E-state index is 12.7. The molecule has 7 nitrogen and oxygen atoms in total. The topological polar surface area (TPSA) is 95.9 Å². The summed E-state index contributed by atoms with van der Waals surface area (Å²) < 4.78 is 5.66. The van der Waals surface area contributed by atoms with Gasteiger partial charge in [0.25, 0.3) is 0 Å². The molecule has 7 heteroatoms. The van der Waals surface area contributed by atoms with E-state index in [1.54, 1.807) is 0 Å². The van der Waals surface area contributed by atoms with Crippen LogP contribution in [0.25, 0.3) is 11.1 Å². The highest BCUT2D eigenvalue weighted by Crippen LogP contribution is 2.44. The number of hydrogen-bond acceptors (Lipinski definition) is 4. The standard InChI is InChI=1S/C28H32N2O5/c31-26(30(16-27(32)33)15-18-9-10-18)14-19-11-12-20(13-19)29-28(34)35-17-25-23-7-3-1-5-21(23)22-6-2-4-8-24(22)25/h1-8,18-20,25H,9-17H2,(H,29,34)(H,32,33). The summed E-state index contributed by atoms with van der Waals surface area (Å²) in [5.41, 5.74) is 4.74. The van der Waals surface area contributed by atoms with Gasteiger partial charge in [0.2, 0.25) is 5.91 Å². The summed E-state index contributed by atoms with van der Waals surface area (Å²) in [4.78, 5) is 38.0. The van der Waals surface area contributed by atoms with E-state index in [0.29, 0.717) is 25.3 Å². The normalized spacial score (nSPS) is 20.7. The Morgan fingerprint density at radius 1 is 0.914 bits per heavy atom. The zero-order valence-electron chi connectivity index (χ0n) is 19.8. The third kappa shape index (κ3) is 5.50. The Labute approximate surface area is 205 Å². The molecule has 2 aromatic carbocycles. The quantitative estimate of drug-likeness (QED) is 0.559. The third-order valence-corrected chi connectivity index (χ3v) is 7.52. The van der Waals surface area contributed by atoms with E-state index >= 15 is 0 Å². The number of carboxylic acid groups (broad SMARTS) is 1. The van der Waals surface area contributed by atoms with Crippen LogP contribution < -0.4 is 5.32 Å². The number of aliphatic carboxylic acids is 1. The van der Waals surface area contributed by atoms with Crippen molar-refractivity contribution in [3.8, 4) is 11.1 Å². The highest BCUT2D eigenvalue weighted by molar-refractivity contribution is 5.81. The van der Waals surface area contributed by atoms with Crippen LogP contribution in [-0.2, 0) is 14.3 Å². The number of nitrogens with one attached hydrogen (secondary N) is 1. The fraction of sp³-hybridized carbons (Fsp3) is 0.464. The summed E-state index contributed by atoms with van der Waals surface area (Å²) in [5, 5.41) is 12.1. The van der Waals surface area contributed by atoms with Crippen molar-refractivity contribution < 1.29 is 24.2 Å². The van der Waals surface area contributed by atoms with Crippen molar-refractivity contribution in [2.24, 2.45) is 11.8 Å². The molecule has 2 saturated carbocycles. The number of carbonyl (C=O) groups excluding carboxylic acids is 2. The van der Waals surface area contributed by atoms with Gasteiger partial charge in [0.05, 0.1) is 0 Å². The molecule has 184 valence electrons. The van der Waals surface area contributed by atoms with E-state index in [9.17, 15) is 14.4 Å². The molecule has 2 N–H and O–H groups in total. The summed E-state index contributed by atoms with van der Waals surface area (Å²) in [6.45, 7) is 0.586. The maximum Gasteiger partial charge on any atom is 0.407 e. The number of carbonyl (C=O) groups is 3. The summed E-state index contributed by atoms with van der Waals surface area (Å²) in [6, 6.07) is 16.5. The highest BCUT2D eigenvalue weighted by Gasteiger charge is 2.33. The first-order valence-electron chi connectivity index (χ1n) is 12.6. The maximum absolute atomic E-state index is 12.7. The number of carboxylic acids is 1. The van der Waals surface area contributed by atoms with Crippen LogP contribution in [0.5, 0.6) is 0 Å². The van der Waals surface area contributed by atoms with E-state index in [1.807, 2.05) is 24.3 Å². The molecule has 2 atom stereocenters. The Kier molecular flexibility index (Phi) is 6.75. The van der Waals surface area contributed by atoms with Crippen LogP contribution in [0.4, 0.5) is 4.79 Å². The van der Waals surface area contributed by atoms with Crippen molar-refractivity contribution in [3.05, 3.63) is 59.7 Å². The molecule has 0 saturated heterocycles. The summed E-state index contributed by atoms with van der Waals surface area (Å²) >= 11 is 0. The predicted molar refractivity (Wildman–Crippen MR) is 131 cm³/mol. The number of rotatable bonds is 9. The average Bonchev–Trinajstić information content (AvgIpc) is 3.46. The molecule has 0 bridgehead atoms. The Morgan fingerprint density at radius 2 is 1.54 bits per heavy atom. The molecular weight excluding hydrogens is 444 g/mol. The summed E-state index contributed by atoms with van der Waals surface area (Å²) in [5.74, 6) is -0.443. The summed E-state index contributed by atoms with van der Waals surface area (Å²) in [7, 11) is 0. The average molecular weight is 477 g/mol. The fourth-order valence-electron chi connectivity index (χ4n) is 5.60. The second kappa shape index (κ2) is 10.1. The van der Waals surface area contributed by atoms with Gasteiger partial charge in [-0.05, 0) is 66.2 Å². The van der Waals surface area contributed by atoms with Gasteiger partial charge in [0.1, 0.15) is 13.2 Å². The number of benzene rings is 2. The van der Waals surface area contributed by atoms with Gasteiger partial charge in [0.15, 0.2) is 0 Å². The molecule has 0 heterocycles. The van der Waals surface area contributed by atoms with Crippen LogP contribution in [-0.4, -0.2) is 53.7 Å². The molecule has 0 spiro atoms. The van der Waals surface area contributed by atoms with Crippen LogP contribution in [0.15, 0.2) is 48.5 Å². The van der Waals surface area contributed by atoms with Gasteiger partial charge in [-0.15, -0.1) is 0 Å². The van der Waals surface area contributed by atoms with Crippen molar-refractivity contribution in [3.63, 3.8) is 0 Å². The number of ether oxygens (including phenoxy) is 1. The lowest BCUT2D eigenvalue weighted by molar-refractivity contribution is -0.145. The van der Waals surface area contributed by atoms with Gasteiger partial charge in [0, 0.05) is 24.9 Å². The number of alkyl carbamates (subject to hydrolysis) is 1. The van der Waals surface area contributed by atoms with Crippen molar-refractivity contribution in [2.45, 2.75) is 50.5 Å². The Morgan fingerprint density at radius 3 is 2.17 bits per heavy atom. The van der Waals surface area contributed by atoms with Gasteiger partial charge in [-0.1, -0.05) is 48.5 Å². The van der Waals surface area contributed by atoms with Crippen molar-refractivity contribution in [2.75, 3.05) is 19.7 Å². The molecular formula is C28H32N2O5. The van der Waals surface area contributed by atoms with Crippen molar-refractivity contribution >= 4 is 18.0 Å². The molecule has 2 amide bonds. The van der Waals surface area contributed by atoms with Gasteiger partial charge in [-0.2, -0.15) is 0 Å². The van der Waals surface area contributed by atoms with E-state index in [0.717, 1.165) is 25.7 Å². The lowest BCUT2D eigenvalue weighted by Gasteiger charge is -2.22. The zero-order chi connectivity index (χ0) is 24.4. The van der Waals surface area contributed by atoms with Crippen LogP contribution >= 0.6 is 0 Å². The molecule has 2 fully saturated rings. The molecule has 5 rings (SSSR count). The third-order valence-electron chi connectivity index (χ3n) is 7.52. The second-order valence-electron chi connectivity index (χ2n) is 10.2. The molecule has 0 aliphatic heterocycles. The zero-order valence-corrected chi connectivity index (χ0v) is 19.8. The number of amides is 2. The number of hydrogen-bond donors (Lipinski definition) is 2. The SMILES string of the molecule is O=C(O)CN(CC1CC1)C(=O)CC1CCC(NC(=O)OCC2c3ccccc3-c3ccccc32)C1. The second-order valence-corrected chi connectivity index (χ2v) is 10.2. The van der Waals surface area contributed by atoms with E-state index in [4.69, 9.17) is 9.84 Å². The van der Waals surface area contributed by atoms with Crippen LogP contribution in [0.1, 0.15) is 55.6 Å². The van der Waals surface area contributed by atoms with E-state index in [2.05, 4.69) is 29.6 Å². The molecule has 3 aliphatic carbocycles. The molecule has 35 heavy (non-hydrogen) atoms. The minimum absolute atomic E-state index is 0.0220. The lowest BCUT2D eigenvalue weighted by Crippen LogP contribution is -2.38. The van der Waals surface area contributed by atoms with Crippen molar-refractivity contribution in [1.29, 1.82) is 0 Å². The van der Waals surface area contributed by atoms with Gasteiger partial charge < -0.3 is 20.1 Å². The van der Waals surface area contributed by atoms with Crippen LogP contribution in [0, 0.1) is 11.8 Å². The van der Waals surface area contributed by atoms with Gasteiger partial charge >= 0.3 is 12.1 Å². The summed E-state index contributed by atoms with van der Waals surface area (Å²) in [6.07, 6.45) is 4.39. The monoisotopic (exact) mass is 476 g/mol. The fourth-order valence-corrected chi connectivity index (χ4v) is 5.60. The largest absolute Gasteiger partial charge is 0.480 e. The molecule has 0 aromatic heterocycles. The van der Waals surface area contributed by atoms with Crippen LogP contribution in [0.3, 0.4) is 0 Å². The smallest absolute Gasteiger partial charge is 0.407 e. The highest BCUT2D eigenvalue weighted by atomic mass is 16.5. The van der Waals surface area contributed by atoms with E-state index in [-0.39, 0.29) is 36.9 Å². The number of fused-ring (bicyclic) bond motifs is 3. The van der Waals surface area contributed by atoms with Crippen molar-refractivity contribution in [1.82, 2.24) is 10.2 Å². The number of nitrogens with zero attached hydrogens (tertiary/aromatic N) is 1. The minimum atomic E-state index is -0.972. The van der Waals surface area contributed by atoms with Gasteiger partial charge in [-0.3, -0.25) is 9.59 Å². The predicted octanol–water partition coefficient (Wildman–Crippen LogP) is 4.41. The first kappa shape index (κ1) is 23.4. The molecule has 0 radical (unpaired) electrons. The lowest BCUT2D eigenvalue weighted by atomic mass is 9.98. The molecule has 2 aromatic rings. The Balaban J connectivity index is 1.11. The van der Waals surface area contributed by atoms with Gasteiger partial charge in [-0.25, -0.2) is 4.79 Å². The molecule has 3 aliphatic rings. The van der Waals surface area contributed by atoms with Crippen LogP contribution in [0.2, 0.25) is 0 Å². The first-order chi connectivity index (χ1) is 17.0. The minimum Gasteiger partial charge on any atom is -0.480 e. The van der Waals surface area contributed by atoms with E-state index in [1.165, 1.54) is 27.2 Å². The Hall–Kier alpha value is -3.35. The Bertz CT molecular complexity index is 1070. The molecule has 2 unspecified atom stereocenters. The van der Waals surface area contributed by atoms with E-state index < -0.39 is 12.1 Å².